The zero-order chi connectivity index (χ0) is 24.5. The van der Waals surface area contributed by atoms with Gasteiger partial charge in [-0.25, -0.2) is 0 Å². The maximum Gasteiger partial charge on any atom is 0.0439 e. The fourth-order valence-corrected chi connectivity index (χ4v) is 3.45. The monoisotopic (exact) mass is 539 g/mol. The molecule has 4 rings (SSSR count). The SMILES string of the molecule is CN(C)c1cc[c-]cc1.CN(C)c1ccc(N(c2cc[c-]cc2)c2ccc(N(C)C)cc2)cc1.[Y]. The van der Waals surface area contributed by atoms with Crippen LogP contribution >= 0.6 is 0 Å². The normalized spacial score (nSPS) is 9.77. The Morgan fingerprint density at radius 2 is 0.600 bits per heavy atom. The third-order valence-corrected chi connectivity index (χ3v) is 5.42. The first-order valence-electron chi connectivity index (χ1n) is 11.3. The molecular formula is C30H34N4Y-2. The summed E-state index contributed by atoms with van der Waals surface area (Å²) in [5.74, 6) is 0. The first-order valence-corrected chi connectivity index (χ1v) is 11.3. The summed E-state index contributed by atoms with van der Waals surface area (Å²) in [6.07, 6.45) is 0. The molecule has 5 heteroatoms. The van der Waals surface area contributed by atoms with E-state index >= 15 is 0 Å². The van der Waals surface area contributed by atoms with Crippen LogP contribution in [-0.4, -0.2) is 42.3 Å². The van der Waals surface area contributed by atoms with E-state index in [-0.39, 0.29) is 32.7 Å². The van der Waals surface area contributed by atoms with Crippen LogP contribution in [0, 0.1) is 12.1 Å². The van der Waals surface area contributed by atoms with Crippen LogP contribution in [0.5, 0.6) is 0 Å². The Labute approximate surface area is 236 Å². The molecule has 0 unspecified atom stereocenters. The summed E-state index contributed by atoms with van der Waals surface area (Å²) in [7, 11) is 12.3. The van der Waals surface area contributed by atoms with E-state index in [0.29, 0.717) is 0 Å². The molecule has 0 amide bonds. The van der Waals surface area contributed by atoms with Crippen molar-refractivity contribution in [3.8, 4) is 0 Å². The zero-order valence-electron chi connectivity index (χ0n) is 21.6. The first kappa shape index (κ1) is 28.4. The minimum atomic E-state index is 0. The van der Waals surface area contributed by atoms with Crippen LogP contribution in [0.2, 0.25) is 0 Å². The fraction of sp³-hybridized carbons (Fsp3) is 0.200. The third kappa shape index (κ3) is 8.12. The summed E-state index contributed by atoms with van der Waals surface area (Å²) < 4.78 is 0. The van der Waals surface area contributed by atoms with Gasteiger partial charge in [0, 0.05) is 97.7 Å². The van der Waals surface area contributed by atoms with Gasteiger partial charge in [0.05, 0.1) is 0 Å². The van der Waals surface area contributed by atoms with Crippen LogP contribution in [0.15, 0.2) is 97.1 Å². The Kier molecular flexibility index (Phi) is 11.3. The molecule has 0 aliphatic rings. The summed E-state index contributed by atoms with van der Waals surface area (Å²) in [6, 6.07) is 39.2. The van der Waals surface area contributed by atoms with Crippen molar-refractivity contribution in [2.24, 2.45) is 0 Å². The largest absolute Gasteiger partial charge is 0.399 e. The average Bonchev–Trinajstić information content (AvgIpc) is 2.86. The topological polar surface area (TPSA) is 13.0 Å². The minimum absolute atomic E-state index is 0. The second-order valence-electron chi connectivity index (χ2n) is 8.57. The predicted octanol–water partition coefficient (Wildman–Crippen LogP) is 6.64. The van der Waals surface area contributed by atoms with Gasteiger partial charge >= 0.3 is 0 Å². The van der Waals surface area contributed by atoms with Gasteiger partial charge in [-0.1, -0.05) is 11.4 Å². The Bertz CT molecular complexity index is 1060. The molecule has 0 saturated heterocycles. The molecule has 0 heterocycles. The van der Waals surface area contributed by atoms with Crippen LogP contribution in [0.3, 0.4) is 0 Å². The van der Waals surface area contributed by atoms with Gasteiger partial charge in [0.15, 0.2) is 0 Å². The molecule has 0 N–H and O–H groups in total. The Balaban J connectivity index is 0.000000366. The van der Waals surface area contributed by atoms with E-state index in [9.17, 15) is 0 Å². The molecule has 179 valence electrons. The average molecular weight is 540 g/mol. The predicted molar refractivity (Wildman–Crippen MR) is 148 cm³/mol. The first-order chi connectivity index (χ1) is 16.4. The molecule has 0 bridgehead atoms. The third-order valence-electron chi connectivity index (χ3n) is 5.42. The van der Waals surface area contributed by atoms with Gasteiger partial charge in [-0.15, -0.1) is 24.3 Å². The van der Waals surface area contributed by atoms with Crippen molar-refractivity contribution >= 4 is 34.1 Å². The van der Waals surface area contributed by atoms with Crippen LogP contribution in [0.25, 0.3) is 0 Å². The second-order valence-corrected chi connectivity index (χ2v) is 8.57. The summed E-state index contributed by atoms with van der Waals surface area (Å²) in [5, 5.41) is 0. The van der Waals surface area contributed by atoms with E-state index in [1.807, 2.05) is 50.5 Å². The summed E-state index contributed by atoms with van der Waals surface area (Å²) in [6.45, 7) is 0. The molecular weight excluding hydrogens is 505 g/mol. The number of nitrogens with zero attached hydrogens (tertiary/aromatic N) is 4. The van der Waals surface area contributed by atoms with Gasteiger partial charge in [-0.2, -0.15) is 36.4 Å². The number of hydrogen-bond acceptors (Lipinski definition) is 4. The fourth-order valence-electron chi connectivity index (χ4n) is 3.45. The van der Waals surface area contributed by atoms with Crippen LogP contribution in [0.4, 0.5) is 34.1 Å². The van der Waals surface area contributed by atoms with Gasteiger partial charge < -0.3 is 19.6 Å². The van der Waals surface area contributed by atoms with Gasteiger partial charge in [-0.05, 0) is 48.5 Å². The second kappa shape index (κ2) is 13.9. The van der Waals surface area contributed by atoms with Gasteiger partial charge in [0.25, 0.3) is 0 Å². The maximum absolute atomic E-state index is 3.10. The Morgan fingerprint density at radius 1 is 0.371 bits per heavy atom. The van der Waals surface area contributed by atoms with Crippen LogP contribution in [-0.2, 0) is 32.7 Å². The van der Waals surface area contributed by atoms with Crippen LogP contribution in [0.1, 0.15) is 0 Å². The molecule has 0 saturated carbocycles. The van der Waals surface area contributed by atoms with Crippen molar-refractivity contribution < 1.29 is 32.7 Å². The molecule has 1 radical (unpaired) electrons. The summed E-state index contributed by atoms with van der Waals surface area (Å²) >= 11 is 0. The van der Waals surface area contributed by atoms with E-state index in [1.54, 1.807) is 0 Å². The molecule has 0 aromatic heterocycles. The van der Waals surface area contributed by atoms with Crippen LogP contribution < -0.4 is 19.6 Å². The molecule has 0 aliphatic heterocycles. The van der Waals surface area contributed by atoms with Crippen molar-refractivity contribution in [3.05, 3.63) is 109 Å². The molecule has 0 aliphatic carbocycles. The zero-order valence-corrected chi connectivity index (χ0v) is 24.4. The van der Waals surface area contributed by atoms with E-state index in [0.717, 1.165) is 17.1 Å². The summed E-state index contributed by atoms with van der Waals surface area (Å²) in [4.78, 5) is 8.54. The van der Waals surface area contributed by atoms with E-state index in [2.05, 4.69) is 121 Å². The van der Waals surface area contributed by atoms with Crippen molar-refractivity contribution in [3.63, 3.8) is 0 Å². The van der Waals surface area contributed by atoms with Gasteiger partial charge in [0.2, 0.25) is 0 Å². The number of rotatable bonds is 6. The molecule has 0 fully saturated rings. The number of anilines is 6. The summed E-state index contributed by atoms with van der Waals surface area (Å²) in [5.41, 5.74) is 6.98. The van der Waals surface area contributed by atoms with Gasteiger partial charge in [0.1, 0.15) is 0 Å². The molecule has 4 nitrogen and oxygen atoms in total. The quantitative estimate of drug-likeness (QED) is 0.255. The molecule has 4 aromatic rings. The smallest absolute Gasteiger partial charge is 0.0439 e. The standard InChI is InChI=1S/C22H24N3.C8H10N.Y/c1-23(2)18-10-14-21(15-11-18)25(20-8-6-5-7-9-20)22-16-12-19(13-17-22)24(3)4;1-9(2)8-6-4-3-5-7-8;/h6-17H,1-4H3;4-7H,1-2H3;/q2*-1;. The van der Waals surface area contributed by atoms with Crippen molar-refractivity contribution in [2.75, 3.05) is 61.9 Å². The van der Waals surface area contributed by atoms with Crippen molar-refractivity contribution in [2.45, 2.75) is 0 Å². The number of benzene rings is 4. The molecule has 4 aromatic carbocycles. The Hall–Kier alpha value is -2.82. The minimum Gasteiger partial charge on any atom is -0.399 e. The van der Waals surface area contributed by atoms with E-state index in [1.165, 1.54) is 17.1 Å². The van der Waals surface area contributed by atoms with Gasteiger partial charge in [-0.3, -0.25) is 0 Å². The number of hydrogen-bond donors (Lipinski definition) is 0. The van der Waals surface area contributed by atoms with E-state index in [4.69, 9.17) is 0 Å². The van der Waals surface area contributed by atoms with E-state index < -0.39 is 0 Å². The molecule has 0 spiro atoms. The van der Waals surface area contributed by atoms with Crippen molar-refractivity contribution in [1.29, 1.82) is 0 Å². The molecule has 0 atom stereocenters. The maximum atomic E-state index is 3.10. The molecule has 35 heavy (non-hydrogen) atoms. The Morgan fingerprint density at radius 3 is 0.886 bits per heavy atom. The van der Waals surface area contributed by atoms with Crippen molar-refractivity contribution in [1.82, 2.24) is 0 Å².